The van der Waals surface area contributed by atoms with E-state index in [9.17, 15) is 4.79 Å². The number of piperidine rings is 1. The second-order valence-electron chi connectivity index (χ2n) is 5.21. The first kappa shape index (κ1) is 14.3. The summed E-state index contributed by atoms with van der Waals surface area (Å²) in [5, 5.41) is 9.37. The third kappa shape index (κ3) is 3.51. The fourth-order valence-corrected chi connectivity index (χ4v) is 3.36. The van der Waals surface area contributed by atoms with Crippen LogP contribution in [0.3, 0.4) is 0 Å². The molecule has 1 saturated heterocycles. The SMILES string of the molecule is O=C(NCCc1nccs1)c1cccn1C1CCNCC1. The minimum absolute atomic E-state index is 0.00934. The molecule has 2 aromatic heterocycles. The molecule has 0 aromatic carbocycles. The largest absolute Gasteiger partial charge is 0.350 e. The summed E-state index contributed by atoms with van der Waals surface area (Å²) in [5.74, 6) is 0.00934. The highest BCUT2D eigenvalue weighted by atomic mass is 32.1. The number of nitrogens with one attached hydrogen (secondary N) is 2. The molecule has 5 nitrogen and oxygen atoms in total. The Balaban J connectivity index is 1.58. The molecule has 0 radical (unpaired) electrons. The van der Waals surface area contributed by atoms with Crippen molar-refractivity contribution in [1.82, 2.24) is 20.2 Å². The molecule has 21 heavy (non-hydrogen) atoms. The molecule has 6 heteroatoms. The van der Waals surface area contributed by atoms with Crippen LogP contribution in [0.4, 0.5) is 0 Å². The molecule has 0 saturated carbocycles. The molecular formula is C15H20N4OS. The van der Waals surface area contributed by atoms with Gasteiger partial charge in [0.05, 0.1) is 5.01 Å². The van der Waals surface area contributed by atoms with E-state index in [1.807, 2.05) is 23.7 Å². The van der Waals surface area contributed by atoms with Gasteiger partial charge in [0.15, 0.2) is 0 Å². The number of carbonyl (C=O) groups excluding carboxylic acids is 1. The number of aromatic nitrogens is 2. The van der Waals surface area contributed by atoms with Gasteiger partial charge in [0.2, 0.25) is 0 Å². The van der Waals surface area contributed by atoms with Crippen LogP contribution in [0.2, 0.25) is 0 Å². The summed E-state index contributed by atoms with van der Waals surface area (Å²) in [7, 11) is 0. The van der Waals surface area contributed by atoms with Crippen LogP contribution < -0.4 is 10.6 Å². The van der Waals surface area contributed by atoms with Crippen LogP contribution in [-0.2, 0) is 6.42 Å². The smallest absolute Gasteiger partial charge is 0.267 e. The van der Waals surface area contributed by atoms with Crippen molar-refractivity contribution in [1.29, 1.82) is 0 Å². The van der Waals surface area contributed by atoms with Crippen LogP contribution in [0.5, 0.6) is 0 Å². The van der Waals surface area contributed by atoms with E-state index in [0.29, 0.717) is 12.6 Å². The lowest BCUT2D eigenvalue weighted by molar-refractivity contribution is 0.0941. The van der Waals surface area contributed by atoms with Crippen LogP contribution in [0.1, 0.15) is 34.4 Å². The summed E-state index contributed by atoms with van der Waals surface area (Å²) in [5.41, 5.74) is 0.765. The predicted octanol–water partition coefficient (Wildman–Crippen LogP) is 1.84. The van der Waals surface area contributed by atoms with Gasteiger partial charge in [0.1, 0.15) is 5.69 Å². The Morgan fingerprint density at radius 3 is 3.10 bits per heavy atom. The van der Waals surface area contributed by atoms with Crippen molar-refractivity contribution in [3.8, 4) is 0 Å². The number of amides is 1. The van der Waals surface area contributed by atoms with Crippen molar-refractivity contribution in [3.63, 3.8) is 0 Å². The van der Waals surface area contributed by atoms with Crippen LogP contribution >= 0.6 is 11.3 Å². The van der Waals surface area contributed by atoms with E-state index in [1.54, 1.807) is 17.5 Å². The van der Waals surface area contributed by atoms with Crippen LogP contribution in [0, 0.1) is 0 Å². The Morgan fingerprint density at radius 2 is 2.33 bits per heavy atom. The highest BCUT2D eigenvalue weighted by Crippen LogP contribution is 2.21. The topological polar surface area (TPSA) is 59.0 Å². The van der Waals surface area contributed by atoms with Crippen molar-refractivity contribution >= 4 is 17.2 Å². The monoisotopic (exact) mass is 304 g/mol. The van der Waals surface area contributed by atoms with Gasteiger partial charge in [-0.15, -0.1) is 11.3 Å². The Hall–Kier alpha value is -1.66. The lowest BCUT2D eigenvalue weighted by Crippen LogP contribution is -2.33. The Bertz CT molecular complexity index is 572. The van der Waals surface area contributed by atoms with E-state index in [0.717, 1.165) is 43.1 Å². The zero-order valence-electron chi connectivity index (χ0n) is 11.9. The Labute approximate surface area is 128 Å². The standard InChI is InChI=1S/C15H20N4OS/c20-15(18-8-5-14-17-9-11-21-14)13-2-1-10-19(13)12-3-6-16-7-4-12/h1-2,9-12,16H,3-8H2,(H,18,20). The van der Waals surface area contributed by atoms with Crippen molar-refractivity contribution in [3.05, 3.63) is 40.6 Å². The zero-order chi connectivity index (χ0) is 14.5. The molecule has 3 rings (SSSR count). The van der Waals surface area contributed by atoms with Gasteiger partial charge < -0.3 is 15.2 Å². The van der Waals surface area contributed by atoms with Gasteiger partial charge >= 0.3 is 0 Å². The van der Waals surface area contributed by atoms with Crippen molar-refractivity contribution in [2.45, 2.75) is 25.3 Å². The maximum absolute atomic E-state index is 12.3. The molecular weight excluding hydrogens is 284 g/mol. The van der Waals surface area contributed by atoms with Crippen LogP contribution in [0.25, 0.3) is 0 Å². The minimum atomic E-state index is 0.00934. The van der Waals surface area contributed by atoms with Crippen molar-refractivity contribution < 1.29 is 4.79 Å². The molecule has 0 spiro atoms. The first-order valence-electron chi connectivity index (χ1n) is 7.39. The molecule has 1 amide bonds. The van der Waals surface area contributed by atoms with Gasteiger partial charge in [-0.3, -0.25) is 4.79 Å². The number of thiazole rings is 1. The normalized spacial score (nSPS) is 16.0. The quantitative estimate of drug-likeness (QED) is 0.886. The summed E-state index contributed by atoms with van der Waals surface area (Å²) in [4.78, 5) is 16.6. The summed E-state index contributed by atoms with van der Waals surface area (Å²) >= 11 is 1.62. The van der Waals surface area contributed by atoms with E-state index in [1.165, 1.54) is 0 Å². The van der Waals surface area contributed by atoms with Gasteiger partial charge in [-0.05, 0) is 38.1 Å². The van der Waals surface area contributed by atoms with Crippen molar-refractivity contribution in [2.75, 3.05) is 19.6 Å². The summed E-state index contributed by atoms with van der Waals surface area (Å²) in [6, 6.07) is 4.29. The van der Waals surface area contributed by atoms with E-state index >= 15 is 0 Å². The first-order chi connectivity index (χ1) is 10.3. The molecule has 0 aliphatic carbocycles. The highest BCUT2D eigenvalue weighted by Gasteiger charge is 2.19. The van der Waals surface area contributed by atoms with E-state index in [-0.39, 0.29) is 5.91 Å². The second-order valence-corrected chi connectivity index (χ2v) is 6.19. The highest BCUT2D eigenvalue weighted by molar-refractivity contribution is 7.09. The third-order valence-electron chi connectivity index (χ3n) is 3.82. The predicted molar refractivity (Wildman–Crippen MR) is 83.7 cm³/mol. The fourth-order valence-electron chi connectivity index (χ4n) is 2.74. The van der Waals surface area contributed by atoms with E-state index in [4.69, 9.17) is 0 Å². The lowest BCUT2D eigenvalue weighted by Gasteiger charge is -2.25. The van der Waals surface area contributed by atoms with Gasteiger partial charge in [-0.2, -0.15) is 0 Å². The van der Waals surface area contributed by atoms with Gasteiger partial charge in [0, 0.05) is 36.8 Å². The number of nitrogens with zero attached hydrogens (tertiary/aromatic N) is 2. The summed E-state index contributed by atoms with van der Waals surface area (Å²) < 4.78 is 2.12. The first-order valence-corrected chi connectivity index (χ1v) is 8.26. The number of hydrogen-bond acceptors (Lipinski definition) is 4. The van der Waals surface area contributed by atoms with Gasteiger partial charge in [0.25, 0.3) is 5.91 Å². The van der Waals surface area contributed by atoms with E-state index in [2.05, 4.69) is 20.2 Å². The molecule has 1 aliphatic rings. The average molecular weight is 304 g/mol. The molecule has 0 bridgehead atoms. The van der Waals surface area contributed by atoms with Crippen LogP contribution in [0.15, 0.2) is 29.9 Å². The molecule has 1 fully saturated rings. The van der Waals surface area contributed by atoms with Crippen LogP contribution in [-0.4, -0.2) is 35.1 Å². The lowest BCUT2D eigenvalue weighted by atomic mass is 10.1. The van der Waals surface area contributed by atoms with Gasteiger partial charge in [-0.1, -0.05) is 0 Å². The molecule has 3 heterocycles. The Kier molecular flexibility index (Phi) is 4.67. The second kappa shape index (κ2) is 6.87. The third-order valence-corrected chi connectivity index (χ3v) is 4.66. The molecule has 2 N–H and O–H groups in total. The summed E-state index contributed by atoms with van der Waals surface area (Å²) in [6.07, 6.45) is 6.76. The summed E-state index contributed by atoms with van der Waals surface area (Å²) in [6.45, 7) is 2.67. The minimum Gasteiger partial charge on any atom is -0.350 e. The number of rotatable bonds is 5. The molecule has 0 unspecified atom stereocenters. The maximum atomic E-state index is 12.3. The molecule has 1 aliphatic heterocycles. The number of hydrogen-bond donors (Lipinski definition) is 2. The molecule has 112 valence electrons. The Morgan fingerprint density at radius 1 is 1.48 bits per heavy atom. The maximum Gasteiger partial charge on any atom is 0.267 e. The van der Waals surface area contributed by atoms with E-state index < -0.39 is 0 Å². The fraction of sp³-hybridized carbons (Fsp3) is 0.467. The van der Waals surface area contributed by atoms with Crippen molar-refractivity contribution in [2.24, 2.45) is 0 Å². The number of carbonyl (C=O) groups is 1. The molecule has 0 atom stereocenters. The molecule has 2 aromatic rings. The van der Waals surface area contributed by atoms with Gasteiger partial charge in [-0.25, -0.2) is 4.98 Å². The zero-order valence-corrected chi connectivity index (χ0v) is 12.7. The average Bonchev–Trinajstić information content (AvgIpc) is 3.19.